The summed E-state index contributed by atoms with van der Waals surface area (Å²) in [5, 5.41) is 0.641. The number of anilines is 1. The third-order valence-electron chi connectivity index (χ3n) is 4.61. The van der Waals surface area contributed by atoms with Gasteiger partial charge in [-0.05, 0) is 38.3 Å². The molecule has 0 fully saturated rings. The summed E-state index contributed by atoms with van der Waals surface area (Å²) in [5.41, 5.74) is 3.42. The van der Waals surface area contributed by atoms with Gasteiger partial charge >= 0.3 is 0 Å². The molecule has 0 aliphatic carbocycles. The van der Waals surface area contributed by atoms with Gasteiger partial charge in [0.2, 0.25) is 0 Å². The van der Waals surface area contributed by atoms with E-state index in [1.54, 1.807) is 13.4 Å². The number of aromatic nitrogens is 1. The fourth-order valence-electron chi connectivity index (χ4n) is 3.62. The number of fused-ring (bicyclic) bond motifs is 1. The highest BCUT2D eigenvalue weighted by molar-refractivity contribution is 6.30. The Labute approximate surface area is 145 Å². The monoisotopic (exact) mass is 336 g/mol. The number of allylic oxidation sites excluding steroid dienone is 1. The van der Waals surface area contributed by atoms with E-state index >= 15 is 0 Å². The molecule has 1 atom stereocenters. The molecule has 2 rings (SSSR count). The van der Waals surface area contributed by atoms with Gasteiger partial charge in [0, 0.05) is 35.4 Å². The number of pyridine rings is 1. The maximum Gasteiger partial charge on any atom is 0.135 e. The molecule has 0 saturated carbocycles. The quantitative estimate of drug-likeness (QED) is 0.488. The molecule has 0 saturated heterocycles. The van der Waals surface area contributed by atoms with Crippen LogP contribution in [0, 0.1) is 6.92 Å². The van der Waals surface area contributed by atoms with Gasteiger partial charge in [-0.3, -0.25) is 0 Å². The Bertz CT molecular complexity index is 538. The third-order valence-corrected chi connectivity index (χ3v) is 4.90. The number of aryl methyl sites for hydroxylation is 1. The van der Waals surface area contributed by atoms with Gasteiger partial charge in [0.15, 0.2) is 0 Å². The second-order valence-electron chi connectivity index (χ2n) is 6.37. The van der Waals surface area contributed by atoms with Gasteiger partial charge in [0.05, 0.1) is 13.4 Å². The zero-order valence-corrected chi connectivity index (χ0v) is 15.6. The van der Waals surface area contributed by atoms with E-state index in [-0.39, 0.29) is 5.92 Å². The van der Waals surface area contributed by atoms with Crippen molar-refractivity contribution in [3.63, 3.8) is 0 Å². The summed E-state index contributed by atoms with van der Waals surface area (Å²) >= 11 is 6.53. The van der Waals surface area contributed by atoms with Gasteiger partial charge in [0.25, 0.3) is 0 Å². The molecule has 3 nitrogen and oxygen atoms in total. The Morgan fingerprint density at radius 3 is 2.70 bits per heavy atom. The Morgan fingerprint density at radius 1 is 1.39 bits per heavy atom. The smallest absolute Gasteiger partial charge is 0.135 e. The lowest BCUT2D eigenvalue weighted by Gasteiger charge is -2.40. The highest BCUT2D eigenvalue weighted by Gasteiger charge is 2.30. The van der Waals surface area contributed by atoms with Gasteiger partial charge < -0.3 is 9.64 Å². The van der Waals surface area contributed by atoms with Crippen molar-refractivity contribution in [2.45, 2.75) is 64.8 Å². The normalized spacial score (nSPS) is 17.8. The summed E-state index contributed by atoms with van der Waals surface area (Å²) in [6.07, 6.45) is 9.79. The highest BCUT2D eigenvalue weighted by atomic mass is 35.5. The van der Waals surface area contributed by atoms with Crippen LogP contribution in [0.15, 0.2) is 18.4 Å². The van der Waals surface area contributed by atoms with Crippen LogP contribution in [-0.4, -0.2) is 24.7 Å². The van der Waals surface area contributed by atoms with Gasteiger partial charge in [0.1, 0.15) is 5.15 Å². The molecule has 0 aromatic carbocycles. The number of hydrogen-bond donors (Lipinski definition) is 0. The summed E-state index contributed by atoms with van der Waals surface area (Å²) in [4.78, 5) is 7.06. The van der Waals surface area contributed by atoms with E-state index in [1.807, 2.05) is 6.92 Å². The number of methoxy groups -OCH3 is 1. The predicted octanol–water partition coefficient (Wildman–Crippen LogP) is 5.47. The van der Waals surface area contributed by atoms with E-state index in [9.17, 15) is 0 Å². The van der Waals surface area contributed by atoms with E-state index in [0.29, 0.717) is 11.2 Å². The van der Waals surface area contributed by atoms with Crippen molar-refractivity contribution < 1.29 is 4.74 Å². The first-order valence-electron chi connectivity index (χ1n) is 8.75. The number of rotatable bonds is 7. The number of ether oxygens (including phenoxy) is 1. The minimum atomic E-state index is 0.283. The first-order chi connectivity index (χ1) is 11.1. The molecular formula is C19H29ClN2O. The fraction of sp³-hybridized carbons (Fsp3) is 0.632. The molecule has 0 radical (unpaired) electrons. The summed E-state index contributed by atoms with van der Waals surface area (Å²) in [5.74, 6) is 0.283. The topological polar surface area (TPSA) is 25.4 Å². The van der Waals surface area contributed by atoms with Crippen molar-refractivity contribution in [3.8, 4) is 0 Å². The Kier molecular flexibility index (Phi) is 6.76. The molecule has 1 aromatic heterocycles. The number of hydrogen-bond acceptors (Lipinski definition) is 3. The Morgan fingerprint density at radius 2 is 2.09 bits per heavy atom. The molecule has 1 aliphatic heterocycles. The molecule has 0 N–H and O–H groups in total. The molecule has 1 aliphatic rings. The van der Waals surface area contributed by atoms with E-state index < -0.39 is 0 Å². The number of halogens is 1. The van der Waals surface area contributed by atoms with Crippen LogP contribution in [-0.2, 0) is 4.74 Å². The molecule has 4 heteroatoms. The SMILES string of the molecule is CCCC(CCC)N1CCC(C=COC)c2c1cc(C)nc2Cl. The Balaban J connectivity index is 2.43. The minimum Gasteiger partial charge on any atom is -0.505 e. The minimum absolute atomic E-state index is 0.283. The van der Waals surface area contributed by atoms with Crippen molar-refractivity contribution in [1.29, 1.82) is 0 Å². The fourth-order valence-corrected chi connectivity index (χ4v) is 3.99. The predicted molar refractivity (Wildman–Crippen MR) is 98.4 cm³/mol. The van der Waals surface area contributed by atoms with E-state index in [2.05, 4.69) is 35.9 Å². The van der Waals surface area contributed by atoms with Crippen LogP contribution in [0.4, 0.5) is 5.69 Å². The third kappa shape index (κ3) is 4.20. The standard InChI is InChI=1S/C19H29ClN2O/c1-5-7-16(8-6-2)22-11-9-15(10-12-23-4)18-17(22)13-14(3)21-19(18)20/h10,12-13,15-16H,5-9,11H2,1-4H3. The molecule has 0 bridgehead atoms. The van der Waals surface area contributed by atoms with Crippen LogP contribution in [0.3, 0.4) is 0 Å². The molecule has 23 heavy (non-hydrogen) atoms. The second-order valence-corrected chi connectivity index (χ2v) is 6.73. The summed E-state index contributed by atoms with van der Waals surface area (Å²) in [6, 6.07) is 2.79. The molecular weight excluding hydrogens is 308 g/mol. The average molecular weight is 337 g/mol. The first kappa shape index (κ1) is 18.1. The molecule has 128 valence electrons. The first-order valence-corrected chi connectivity index (χ1v) is 9.13. The zero-order valence-electron chi connectivity index (χ0n) is 14.8. The van der Waals surface area contributed by atoms with Crippen LogP contribution in [0.5, 0.6) is 0 Å². The average Bonchev–Trinajstić information content (AvgIpc) is 2.52. The van der Waals surface area contributed by atoms with Crippen LogP contribution in [0.25, 0.3) is 0 Å². The maximum atomic E-state index is 6.53. The van der Waals surface area contributed by atoms with E-state index in [0.717, 1.165) is 24.2 Å². The van der Waals surface area contributed by atoms with Crippen LogP contribution < -0.4 is 4.90 Å². The Hall–Kier alpha value is -1.22. The molecule has 0 spiro atoms. The van der Waals surface area contributed by atoms with Gasteiger partial charge in [-0.15, -0.1) is 0 Å². The summed E-state index contributed by atoms with van der Waals surface area (Å²) in [7, 11) is 1.68. The van der Waals surface area contributed by atoms with Crippen molar-refractivity contribution in [2.24, 2.45) is 0 Å². The summed E-state index contributed by atoms with van der Waals surface area (Å²) < 4.78 is 5.12. The van der Waals surface area contributed by atoms with Crippen molar-refractivity contribution >= 4 is 17.3 Å². The van der Waals surface area contributed by atoms with Gasteiger partial charge in [-0.1, -0.05) is 38.3 Å². The molecule has 1 unspecified atom stereocenters. The van der Waals surface area contributed by atoms with Crippen LogP contribution in [0.1, 0.15) is 63.1 Å². The van der Waals surface area contributed by atoms with Crippen LogP contribution >= 0.6 is 11.6 Å². The van der Waals surface area contributed by atoms with Crippen molar-refractivity contribution in [1.82, 2.24) is 4.98 Å². The van der Waals surface area contributed by atoms with E-state index in [4.69, 9.17) is 16.3 Å². The number of nitrogens with zero attached hydrogens (tertiary/aromatic N) is 2. The van der Waals surface area contributed by atoms with Gasteiger partial charge in [-0.2, -0.15) is 0 Å². The van der Waals surface area contributed by atoms with Crippen molar-refractivity contribution in [3.05, 3.63) is 34.8 Å². The lowest BCUT2D eigenvalue weighted by atomic mass is 9.89. The lowest BCUT2D eigenvalue weighted by molar-refractivity contribution is 0.335. The summed E-state index contributed by atoms with van der Waals surface area (Å²) in [6.45, 7) is 7.62. The van der Waals surface area contributed by atoms with Gasteiger partial charge in [-0.25, -0.2) is 4.98 Å². The molecule has 2 heterocycles. The lowest BCUT2D eigenvalue weighted by Crippen LogP contribution is -2.40. The van der Waals surface area contributed by atoms with E-state index in [1.165, 1.54) is 31.4 Å². The zero-order chi connectivity index (χ0) is 16.8. The highest BCUT2D eigenvalue weighted by Crippen LogP contribution is 2.42. The molecule has 1 aromatic rings. The van der Waals surface area contributed by atoms with Crippen LogP contribution in [0.2, 0.25) is 5.15 Å². The maximum absolute atomic E-state index is 6.53. The molecule has 0 amide bonds. The second kappa shape index (κ2) is 8.58. The largest absolute Gasteiger partial charge is 0.505 e. The van der Waals surface area contributed by atoms with Crippen molar-refractivity contribution in [2.75, 3.05) is 18.6 Å².